The number of amides is 5. The molecule has 1 aliphatic carbocycles. The Labute approximate surface area is 315 Å². The Balaban J connectivity index is 1.47. The monoisotopic (exact) mass is 739 g/mol. The number of methoxy groups -OCH3 is 1. The van der Waals surface area contributed by atoms with E-state index in [2.05, 4.69) is 40.1 Å². The lowest BCUT2D eigenvalue weighted by atomic mass is 10.0. The Bertz CT molecular complexity index is 1830. The summed E-state index contributed by atoms with van der Waals surface area (Å²) in [6.07, 6.45) is 4.05. The first-order valence-corrected chi connectivity index (χ1v) is 18.3. The quantitative estimate of drug-likeness (QED) is 0.207. The molecule has 1 aromatic heterocycles. The van der Waals surface area contributed by atoms with E-state index in [-0.39, 0.29) is 61.0 Å². The molecule has 3 aliphatic rings. The molecule has 0 radical (unpaired) electrons. The first-order valence-electron chi connectivity index (χ1n) is 18.3. The molecule has 3 aromatic rings. The maximum atomic E-state index is 14.1. The molecule has 4 atom stereocenters. The van der Waals surface area contributed by atoms with E-state index in [0.29, 0.717) is 35.6 Å². The summed E-state index contributed by atoms with van der Waals surface area (Å²) in [6, 6.07) is 13.8. The van der Waals surface area contributed by atoms with Crippen LogP contribution in [0.1, 0.15) is 67.2 Å². The molecule has 0 unspecified atom stereocenters. The molecule has 3 heterocycles. The number of nitriles is 1. The Kier molecular flexibility index (Phi) is 13.3. The molecule has 286 valence electrons. The van der Waals surface area contributed by atoms with Crippen LogP contribution in [0.15, 0.2) is 60.8 Å². The van der Waals surface area contributed by atoms with Crippen molar-refractivity contribution in [3.8, 4) is 17.6 Å². The van der Waals surface area contributed by atoms with E-state index in [1.165, 1.54) is 17.2 Å². The van der Waals surface area contributed by atoms with Crippen LogP contribution in [0.4, 0.5) is 0 Å². The summed E-state index contributed by atoms with van der Waals surface area (Å²) < 4.78 is 11.4. The van der Waals surface area contributed by atoms with Crippen molar-refractivity contribution < 1.29 is 33.4 Å². The third-order valence-electron chi connectivity index (χ3n) is 9.40. The van der Waals surface area contributed by atoms with E-state index in [9.17, 15) is 29.2 Å². The minimum atomic E-state index is -1.16. The number of hydrogen-bond acceptors (Lipinski definition) is 8. The molecule has 5 N–H and O–H groups in total. The fourth-order valence-electron chi connectivity index (χ4n) is 6.35. The number of carbonyl (C=O) groups is 5. The fourth-order valence-corrected chi connectivity index (χ4v) is 6.35. The van der Waals surface area contributed by atoms with Crippen molar-refractivity contribution in [3.63, 3.8) is 0 Å². The highest BCUT2D eigenvalue weighted by Crippen LogP contribution is 2.30. The van der Waals surface area contributed by atoms with Gasteiger partial charge in [0.25, 0.3) is 5.91 Å². The number of aromatic amines is 1. The van der Waals surface area contributed by atoms with Gasteiger partial charge in [-0.25, -0.2) is 0 Å². The van der Waals surface area contributed by atoms with E-state index in [0.717, 1.165) is 12.8 Å². The second kappa shape index (κ2) is 18.3. The summed E-state index contributed by atoms with van der Waals surface area (Å²) in [5.74, 6) is -0.907. The van der Waals surface area contributed by atoms with Crippen LogP contribution in [0.2, 0.25) is 0 Å². The highest BCUT2D eigenvalue weighted by Gasteiger charge is 2.34. The number of benzene rings is 2. The standard InChI is InChI=1S/C40H49N7O7/c1-24(2)15-30-23-54-32-13-9-27(10-14-32)17-35(45-37(49)33-18-29(19-41)20-42-33)39(51)46-34(16-26-7-11-31(53-4)12-8-26)38(50)43-25(3)40(52)47(21-28-5-6-28)22-36(48)44-30/h7-14,18,20,24-25,28,30,34-35,42H,5-6,15-17,21-23H2,1-4H3,(H,43,50)(H,44,48)(H,45,49)(H,46,51)/t25-,30+,34+,35+/m1/s1. The summed E-state index contributed by atoms with van der Waals surface area (Å²) >= 11 is 0. The largest absolute Gasteiger partial charge is 0.497 e. The zero-order valence-corrected chi connectivity index (χ0v) is 31.1. The van der Waals surface area contributed by atoms with Crippen LogP contribution in [-0.4, -0.2) is 90.4 Å². The summed E-state index contributed by atoms with van der Waals surface area (Å²) in [7, 11) is 1.54. The molecule has 5 amide bonds. The van der Waals surface area contributed by atoms with Crippen LogP contribution in [0.5, 0.6) is 11.5 Å². The van der Waals surface area contributed by atoms with Gasteiger partial charge in [0.2, 0.25) is 23.6 Å². The fraction of sp³-hybridized carbons (Fsp3) is 0.450. The number of fused-ring (bicyclic) bond motifs is 17. The van der Waals surface area contributed by atoms with Crippen molar-refractivity contribution in [2.45, 2.75) is 77.0 Å². The Hall–Kier alpha value is -5.84. The summed E-state index contributed by atoms with van der Waals surface area (Å²) in [5.41, 5.74) is 1.74. The van der Waals surface area contributed by atoms with Gasteiger partial charge in [0.1, 0.15) is 48.0 Å². The number of rotatable bonds is 9. The highest BCUT2D eigenvalue weighted by molar-refractivity contribution is 5.98. The van der Waals surface area contributed by atoms with Gasteiger partial charge in [-0.1, -0.05) is 38.1 Å². The molecule has 0 saturated heterocycles. The van der Waals surface area contributed by atoms with Crippen molar-refractivity contribution in [3.05, 3.63) is 83.2 Å². The molecule has 1 fully saturated rings. The second-order valence-corrected chi connectivity index (χ2v) is 14.5. The van der Waals surface area contributed by atoms with Crippen LogP contribution >= 0.6 is 0 Å². The predicted molar refractivity (Wildman–Crippen MR) is 199 cm³/mol. The predicted octanol–water partition coefficient (Wildman–Crippen LogP) is 2.63. The van der Waals surface area contributed by atoms with Crippen LogP contribution in [0.25, 0.3) is 0 Å². The van der Waals surface area contributed by atoms with Gasteiger partial charge in [0.15, 0.2) is 0 Å². The Morgan fingerprint density at radius 2 is 1.74 bits per heavy atom. The van der Waals surface area contributed by atoms with Gasteiger partial charge in [0, 0.05) is 25.6 Å². The first kappa shape index (κ1) is 39.4. The SMILES string of the molecule is COc1ccc(C[C@@H]2NC(=O)[C@@H](NC(=O)c3cc(C#N)c[nH]3)Cc3ccc(cc3)OC[C@H](CC(C)C)NC(=O)CN(CC3CC3)C(=O)[C@@H](C)NC2=O)cc1. The molecular weight excluding hydrogens is 690 g/mol. The maximum Gasteiger partial charge on any atom is 0.268 e. The van der Waals surface area contributed by atoms with Crippen molar-refractivity contribution >= 4 is 29.5 Å². The van der Waals surface area contributed by atoms with Gasteiger partial charge in [-0.05, 0) is 79.5 Å². The molecule has 2 aliphatic heterocycles. The van der Waals surface area contributed by atoms with Gasteiger partial charge < -0.3 is 40.6 Å². The van der Waals surface area contributed by atoms with Gasteiger partial charge in [-0.3, -0.25) is 24.0 Å². The molecule has 2 aromatic carbocycles. The molecular formula is C40H49N7O7. The Morgan fingerprint density at radius 1 is 1.02 bits per heavy atom. The molecule has 14 nitrogen and oxygen atoms in total. The number of nitrogens with zero attached hydrogens (tertiary/aromatic N) is 2. The van der Waals surface area contributed by atoms with E-state index in [1.807, 2.05) is 6.07 Å². The normalized spacial score (nSPS) is 21.7. The van der Waals surface area contributed by atoms with E-state index in [4.69, 9.17) is 9.47 Å². The van der Waals surface area contributed by atoms with Gasteiger partial charge in [-0.2, -0.15) is 5.26 Å². The van der Waals surface area contributed by atoms with Gasteiger partial charge >= 0.3 is 0 Å². The maximum absolute atomic E-state index is 14.1. The Morgan fingerprint density at radius 3 is 2.37 bits per heavy atom. The van der Waals surface area contributed by atoms with Crippen molar-refractivity contribution in [2.75, 3.05) is 26.8 Å². The number of ether oxygens (including phenoxy) is 2. The lowest BCUT2D eigenvalue weighted by Gasteiger charge is -2.29. The topological polar surface area (TPSA) is 195 Å². The molecule has 1 saturated carbocycles. The average molecular weight is 740 g/mol. The van der Waals surface area contributed by atoms with Gasteiger partial charge in [0.05, 0.1) is 25.3 Å². The number of aromatic nitrogens is 1. The molecule has 2 bridgehead atoms. The van der Waals surface area contributed by atoms with Crippen LogP contribution in [0, 0.1) is 23.2 Å². The zero-order valence-electron chi connectivity index (χ0n) is 31.1. The average Bonchev–Trinajstić information content (AvgIpc) is 3.84. The number of H-pyrrole nitrogens is 1. The summed E-state index contributed by atoms with van der Waals surface area (Å²) in [6.45, 7) is 6.07. The molecule has 6 rings (SSSR count). The lowest BCUT2D eigenvalue weighted by molar-refractivity contribution is -0.140. The lowest BCUT2D eigenvalue weighted by Crippen LogP contribution is -2.58. The molecule has 0 spiro atoms. The summed E-state index contributed by atoms with van der Waals surface area (Å²) in [4.78, 5) is 73.0. The third kappa shape index (κ3) is 11.3. The van der Waals surface area contributed by atoms with Crippen molar-refractivity contribution in [1.82, 2.24) is 31.2 Å². The highest BCUT2D eigenvalue weighted by atomic mass is 16.5. The second-order valence-electron chi connectivity index (χ2n) is 14.5. The van der Waals surface area contributed by atoms with Crippen LogP contribution in [0.3, 0.4) is 0 Å². The van der Waals surface area contributed by atoms with Crippen molar-refractivity contribution in [1.29, 1.82) is 5.26 Å². The van der Waals surface area contributed by atoms with Crippen LogP contribution < -0.4 is 30.7 Å². The number of carbonyl (C=O) groups excluding carboxylic acids is 5. The minimum Gasteiger partial charge on any atom is -0.497 e. The van der Waals surface area contributed by atoms with Crippen molar-refractivity contribution in [2.24, 2.45) is 11.8 Å². The molecule has 54 heavy (non-hydrogen) atoms. The van der Waals surface area contributed by atoms with Gasteiger partial charge in [-0.15, -0.1) is 0 Å². The van der Waals surface area contributed by atoms with E-state index >= 15 is 0 Å². The third-order valence-corrected chi connectivity index (χ3v) is 9.40. The summed E-state index contributed by atoms with van der Waals surface area (Å²) in [5, 5.41) is 20.7. The van der Waals surface area contributed by atoms with Crippen LogP contribution in [-0.2, 0) is 32.0 Å². The van der Waals surface area contributed by atoms with E-state index in [1.54, 1.807) is 62.6 Å². The molecule has 14 heteroatoms. The first-order chi connectivity index (χ1) is 25.9. The number of hydrogen-bond donors (Lipinski definition) is 5. The number of nitrogens with one attached hydrogen (secondary N) is 5. The minimum absolute atomic E-state index is 0.0532. The zero-order chi connectivity index (χ0) is 38.8. The van der Waals surface area contributed by atoms with E-state index < -0.39 is 41.8 Å². The smallest absolute Gasteiger partial charge is 0.268 e.